The summed E-state index contributed by atoms with van der Waals surface area (Å²) in [6.07, 6.45) is 0. The molecule has 2 aromatic rings. The van der Waals surface area contributed by atoms with Crippen molar-refractivity contribution in [3.8, 4) is 11.8 Å². The molecule has 0 saturated carbocycles. The molecule has 0 heterocycles. The SMILES string of the molecule is CO/N=C(/C(=O)OC)c1cccc(C)c1CO/N=C(\C)C#Cc1ccccc1C. The monoisotopic (exact) mass is 392 g/mol. The Balaban J connectivity index is 2.21. The van der Waals surface area contributed by atoms with E-state index in [0.717, 1.165) is 22.3 Å². The molecule has 6 nitrogen and oxygen atoms in total. The minimum Gasteiger partial charge on any atom is -0.464 e. The summed E-state index contributed by atoms with van der Waals surface area (Å²) >= 11 is 0. The van der Waals surface area contributed by atoms with Crippen molar-refractivity contribution < 1.29 is 19.2 Å². The molecule has 0 N–H and O–H groups in total. The number of benzene rings is 2. The predicted octanol–water partition coefficient (Wildman–Crippen LogP) is 3.77. The summed E-state index contributed by atoms with van der Waals surface area (Å²) in [5.41, 5.74) is 4.91. The third-order valence-electron chi connectivity index (χ3n) is 4.16. The highest BCUT2D eigenvalue weighted by molar-refractivity contribution is 6.43. The van der Waals surface area contributed by atoms with Crippen LogP contribution in [0.2, 0.25) is 0 Å². The maximum Gasteiger partial charge on any atom is 0.360 e. The van der Waals surface area contributed by atoms with Gasteiger partial charge in [-0.2, -0.15) is 0 Å². The fourth-order valence-corrected chi connectivity index (χ4v) is 2.59. The Kier molecular flexibility index (Phi) is 7.99. The molecule has 0 unspecified atom stereocenters. The second kappa shape index (κ2) is 10.7. The largest absolute Gasteiger partial charge is 0.464 e. The number of carbonyl (C=O) groups is 1. The van der Waals surface area contributed by atoms with Crippen molar-refractivity contribution in [3.05, 3.63) is 70.3 Å². The van der Waals surface area contributed by atoms with Gasteiger partial charge in [0.2, 0.25) is 0 Å². The summed E-state index contributed by atoms with van der Waals surface area (Å²) < 4.78 is 4.80. The molecule has 2 rings (SSSR count). The molecular formula is C23H24N2O4. The minimum atomic E-state index is -0.595. The molecular weight excluding hydrogens is 368 g/mol. The molecule has 0 spiro atoms. The zero-order valence-corrected chi connectivity index (χ0v) is 17.3. The van der Waals surface area contributed by atoms with Gasteiger partial charge in [0.15, 0.2) is 5.71 Å². The lowest BCUT2D eigenvalue weighted by atomic mass is 9.99. The van der Waals surface area contributed by atoms with E-state index >= 15 is 0 Å². The third-order valence-corrected chi connectivity index (χ3v) is 4.16. The number of methoxy groups -OCH3 is 1. The summed E-state index contributed by atoms with van der Waals surface area (Å²) in [5, 5.41) is 7.88. The Morgan fingerprint density at radius 3 is 2.41 bits per heavy atom. The molecule has 0 amide bonds. The van der Waals surface area contributed by atoms with Crippen LogP contribution in [-0.2, 0) is 25.8 Å². The molecule has 0 fully saturated rings. The van der Waals surface area contributed by atoms with Crippen LogP contribution in [-0.4, -0.2) is 31.6 Å². The average molecular weight is 392 g/mol. The molecule has 0 aromatic heterocycles. The fraction of sp³-hybridized carbons (Fsp3) is 0.261. The van der Waals surface area contributed by atoms with Gasteiger partial charge in [-0.1, -0.05) is 52.6 Å². The van der Waals surface area contributed by atoms with Crippen molar-refractivity contribution in [2.45, 2.75) is 27.4 Å². The van der Waals surface area contributed by atoms with Crippen molar-refractivity contribution in [1.29, 1.82) is 0 Å². The van der Waals surface area contributed by atoms with Crippen LogP contribution in [0.5, 0.6) is 0 Å². The first-order chi connectivity index (χ1) is 14.0. The van der Waals surface area contributed by atoms with Crippen LogP contribution in [0, 0.1) is 25.7 Å². The van der Waals surface area contributed by atoms with E-state index in [4.69, 9.17) is 14.4 Å². The van der Waals surface area contributed by atoms with Gasteiger partial charge in [0.25, 0.3) is 0 Å². The van der Waals surface area contributed by atoms with Crippen molar-refractivity contribution in [2.24, 2.45) is 10.3 Å². The van der Waals surface area contributed by atoms with Gasteiger partial charge in [-0.3, -0.25) is 0 Å². The lowest BCUT2D eigenvalue weighted by Gasteiger charge is -2.12. The maximum atomic E-state index is 12.1. The van der Waals surface area contributed by atoms with E-state index in [-0.39, 0.29) is 12.3 Å². The van der Waals surface area contributed by atoms with Gasteiger partial charge in [-0.25, -0.2) is 4.79 Å². The minimum absolute atomic E-state index is 0.0670. The second-order valence-electron chi connectivity index (χ2n) is 6.23. The fourth-order valence-electron chi connectivity index (χ4n) is 2.59. The zero-order chi connectivity index (χ0) is 21.2. The van der Waals surface area contributed by atoms with Gasteiger partial charge in [0, 0.05) is 16.7 Å². The van der Waals surface area contributed by atoms with Gasteiger partial charge in [-0.15, -0.1) is 0 Å². The van der Waals surface area contributed by atoms with Crippen LogP contribution in [0.3, 0.4) is 0 Å². The second-order valence-corrected chi connectivity index (χ2v) is 6.23. The lowest BCUT2D eigenvalue weighted by Crippen LogP contribution is -2.20. The molecule has 2 aromatic carbocycles. The first kappa shape index (κ1) is 21.7. The van der Waals surface area contributed by atoms with Crippen LogP contribution >= 0.6 is 0 Å². The Morgan fingerprint density at radius 2 is 1.72 bits per heavy atom. The van der Waals surface area contributed by atoms with Gasteiger partial charge in [0.05, 0.1) is 7.11 Å². The molecule has 6 heteroatoms. The molecule has 0 bridgehead atoms. The molecule has 29 heavy (non-hydrogen) atoms. The number of nitrogens with zero attached hydrogens (tertiary/aromatic N) is 2. The lowest BCUT2D eigenvalue weighted by molar-refractivity contribution is -0.132. The van der Waals surface area contributed by atoms with Crippen LogP contribution in [0.1, 0.15) is 34.7 Å². The van der Waals surface area contributed by atoms with Crippen LogP contribution in [0.4, 0.5) is 0 Å². The van der Waals surface area contributed by atoms with Gasteiger partial charge >= 0.3 is 5.97 Å². The molecule has 0 aliphatic carbocycles. The highest BCUT2D eigenvalue weighted by Crippen LogP contribution is 2.18. The van der Waals surface area contributed by atoms with E-state index in [9.17, 15) is 4.79 Å². The Bertz CT molecular complexity index is 997. The summed E-state index contributed by atoms with van der Waals surface area (Å²) in [7, 11) is 2.66. The van der Waals surface area contributed by atoms with Crippen LogP contribution < -0.4 is 0 Å². The van der Waals surface area contributed by atoms with Crippen molar-refractivity contribution in [3.63, 3.8) is 0 Å². The molecule has 0 saturated heterocycles. The number of aryl methyl sites for hydroxylation is 2. The van der Waals surface area contributed by atoms with Gasteiger partial charge in [-0.05, 0) is 43.9 Å². The third kappa shape index (κ3) is 5.94. The maximum absolute atomic E-state index is 12.1. The molecule has 0 aliphatic heterocycles. The zero-order valence-electron chi connectivity index (χ0n) is 17.3. The van der Waals surface area contributed by atoms with Gasteiger partial charge < -0.3 is 14.4 Å². The molecule has 150 valence electrons. The first-order valence-electron chi connectivity index (χ1n) is 9.00. The summed E-state index contributed by atoms with van der Waals surface area (Å²) in [6, 6.07) is 13.4. The quantitative estimate of drug-likeness (QED) is 0.325. The van der Waals surface area contributed by atoms with Crippen molar-refractivity contribution in [1.82, 2.24) is 0 Å². The number of hydrogen-bond donors (Lipinski definition) is 0. The molecule has 0 radical (unpaired) electrons. The first-order valence-corrected chi connectivity index (χ1v) is 9.00. The van der Waals surface area contributed by atoms with Crippen molar-refractivity contribution in [2.75, 3.05) is 14.2 Å². The Morgan fingerprint density at radius 1 is 1.00 bits per heavy atom. The number of rotatable bonds is 6. The van der Waals surface area contributed by atoms with E-state index in [0.29, 0.717) is 11.3 Å². The number of esters is 1. The van der Waals surface area contributed by atoms with Gasteiger partial charge in [0.1, 0.15) is 19.4 Å². The van der Waals surface area contributed by atoms with Crippen molar-refractivity contribution >= 4 is 17.4 Å². The highest BCUT2D eigenvalue weighted by Gasteiger charge is 2.20. The number of carbonyl (C=O) groups excluding carboxylic acids is 1. The Hall–Kier alpha value is -3.59. The standard InChI is InChI=1S/C23H24N2O4/c1-16-9-6-7-11-19(16)14-13-18(3)24-29-15-21-17(2)10-8-12-20(21)22(25-28-5)23(26)27-4/h6-12H,15H2,1-5H3/b24-18+,25-22+. The van der Waals surface area contributed by atoms with E-state index in [1.807, 2.05) is 50.2 Å². The van der Waals surface area contributed by atoms with E-state index in [1.54, 1.807) is 13.0 Å². The van der Waals surface area contributed by atoms with E-state index in [2.05, 4.69) is 22.2 Å². The normalized spacial score (nSPS) is 11.3. The van der Waals surface area contributed by atoms with E-state index in [1.165, 1.54) is 14.2 Å². The predicted molar refractivity (Wildman–Crippen MR) is 113 cm³/mol. The number of ether oxygens (including phenoxy) is 1. The Labute approximate surface area is 171 Å². The summed E-state index contributed by atoms with van der Waals surface area (Å²) in [6.45, 7) is 5.84. The molecule has 0 aliphatic rings. The van der Waals surface area contributed by atoms with E-state index < -0.39 is 5.97 Å². The highest BCUT2D eigenvalue weighted by atomic mass is 16.6. The number of oxime groups is 2. The summed E-state index contributed by atoms with van der Waals surface area (Å²) in [5.74, 6) is 5.47. The van der Waals surface area contributed by atoms with Crippen LogP contribution in [0.25, 0.3) is 0 Å². The number of hydrogen-bond acceptors (Lipinski definition) is 6. The smallest absolute Gasteiger partial charge is 0.360 e. The average Bonchev–Trinajstić information content (AvgIpc) is 2.72. The summed E-state index contributed by atoms with van der Waals surface area (Å²) in [4.78, 5) is 22.4. The topological polar surface area (TPSA) is 69.5 Å². The molecule has 0 atom stereocenters. The van der Waals surface area contributed by atoms with Crippen LogP contribution in [0.15, 0.2) is 52.8 Å².